The van der Waals surface area contributed by atoms with E-state index in [1.165, 1.54) is 0 Å². The van der Waals surface area contributed by atoms with E-state index in [1.54, 1.807) is 0 Å². The number of rotatable bonds is 2. The maximum atomic E-state index is 10.4. The third-order valence-corrected chi connectivity index (χ3v) is 0.523. The van der Waals surface area contributed by atoms with Gasteiger partial charge in [-0.25, -0.2) is 4.57 Å². The first kappa shape index (κ1) is 11.4. The third kappa shape index (κ3) is 4.72. The van der Waals surface area contributed by atoms with Crippen molar-refractivity contribution >= 4 is 7.82 Å². The van der Waals surface area contributed by atoms with Gasteiger partial charge in [0.25, 0.3) is 0 Å². The van der Waals surface area contributed by atoms with E-state index in [-0.39, 0.29) is 20.3 Å². The normalized spacial score (nSPS) is 10.4. The molecule has 0 aromatic carbocycles. The van der Waals surface area contributed by atoms with E-state index in [9.17, 15) is 13.6 Å². The molecule has 0 aromatic heterocycles. The van der Waals surface area contributed by atoms with E-state index in [1.807, 2.05) is 0 Å². The van der Waals surface area contributed by atoms with Crippen molar-refractivity contribution in [2.45, 2.75) is 0 Å². The zero-order valence-electron chi connectivity index (χ0n) is 4.88. The second-order valence-corrected chi connectivity index (χ2v) is 1.82. The Morgan fingerprint density at radius 2 is 1.75 bits per heavy atom. The Labute approximate surface area is 56.9 Å². The zero-order valence-corrected chi connectivity index (χ0v) is 4.77. The molecule has 0 heterocycles. The van der Waals surface area contributed by atoms with Crippen LogP contribution in [0.4, 0.5) is 9.05 Å². The molecule has 0 aliphatic rings. The van der Waals surface area contributed by atoms with Gasteiger partial charge in [0.05, 0.1) is 0 Å². The summed E-state index contributed by atoms with van der Waals surface area (Å²) in [6, 6.07) is 0. The van der Waals surface area contributed by atoms with Crippen molar-refractivity contribution in [3.8, 4) is 0 Å². The molecule has 0 aliphatic heterocycles. The number of hydrogen-bond donors (Lipinski definition) is 1. The minimum Gasteiger partial charge on any atom is -1.00 e. The first-order valence-electron chi connectivity index (χ1n) is 1.06. The maximum absolute atomic E-state index is 10.4. The molecule has 0 bridgehead atoms. The minimum atomic E-state index is -4.99. The van der Waals surface area contributed by atoms with Crippen molar-refractivity contribution in [3.63, 3.8) is 0 Å². The van der Waals surface area contributed by atoms with Gasteiger partial charge in [0, 0.05) is 0 Å². The van der Waals surface area contributed by atoms with Gasteiger partial charge in [0.15, 0.2) is 0 Å². The van der Waals surface area contributed by atoms with Crippen LogP contribution in [0.3, 0.4) is 0 Å². The van der Waals surface area contributed by atoms with Gasteiger partial charge in [-0.05, 0) is 9.05 Å². The molecule has 4 nitrogen and oxygen atoms in total. The average molecular weight is 142 g/mol. The van der Waals surface area contributed by atoms with E-state index in [2.05, 4.69) is 9.46 Å². The standard InChI is InChI=1S/F2HO4P.Li.H/c1-5-7(3,4)6-2;;/h(H,3,4);;/q;+1;-1. The molecular weight excluding hydrogens is 140 g/mol. The number of phosphoric acid groups is 1. The van der Waals surface area contributed by atoms with Crippen LogP contribution in [0.25, 0.3) is 0 Å². The van der Waals surface area contributed by atoms with E-state index in [0.717, 1.165) is 0 Å². The first-order valence-corrected chi connectivity index (χ1v) is 2.55. The predicted octanol–water partition coefficient (Wildman–Crippen LogP) is -1.99. The smallest absolute Gasteiger partial charge is 1.00 e. The summed E-state index contributed by atoms with van der Waals surface area (Å²) in [6.07, 6.45) is 0. The topological polar surface area (TPSA) is 55.8 Å². The molecule has 8 heavy (non-hydrogen) atoms. The van der Waals surface area contributed by atoms with Crippen LogP contribution in [0.15, 0.2) is 0 Å². The van der Waals surface area contributed by atoms with Gasteiger partial charge in [-0.2, -0.15) is 0 Å². The molecule has 0 fully saturated rings. The van der Waals surface area contributed by atoms with E-state index in [4.69, 9.17) is 4.89 Å². The molecule has 0 unspecified atom stereocenters. The van der Waals surface area contributed by atoms with Gasteiger partial charge in [0.1, 0.15) is 0 Å². The third-order valence-electron chi connectivity index (χ3n) is 0.174. The Morgan fingerprint density at radius 3 is 1.75 bits per heavy atom. The Kier molecular flexibility index (Phi) is 6.32. The van der Waals surface area contributed by atoms with Gasteiger partial charge in [0.2, 0.25) is 0 Å². The molecule has 0 amide bonds. The fraction of sp³-hybridized carbons (Fsp3) is 0. The monoisotopic (exact) mass is 142 g/mol. The summed E-state index contributed by atoms with van der Waals surface area (Å²) >= 11 is 0. The van der Waals surface area contributed by atoms with E-state index in [0.29, 0.717) is 0 Å². The minimum absolute atomic E-state index is 0. The summed E-state index contributed by atoms with van der Waals surface area (Å²) in [5.74, 6) is 0. The van der Waals surface area contributed by atoms with Gasteiger partial charge in [-0.3, -0.25) is 4.89 Å². The Morgan fingerprint density at radius 1 is 1.50 bits per heavy atom. The van der Waals surface area contributed by atoms with E-state index < -0.39 is 7.82 Å². The van der Waals surface area contributed by atoms with Crippen molar-refractivity contribution in [1.82, 2.24) is 0 Å². The fourth-order valence-corrected chi connectivity index (χ4v) is 0.0319. The van der Waals surface area contributed by atoms with Crippen molar-refractivity contribution in [2.24, 2.45) is 0 Å². The van der Waals surface area contributed by atoms with Crippen molar-refractivity contribution < 1.29 is 48.3 Å². The van der Waals surface area contributed by atoms with Crippen LogP contribution < -0.4 is 18.9 Å². The van der Waals surface area contributed by atoms with Crippen LogP contribution in [-0.4, -0.2) is 4.89 Å². The molecule has 1 N–H and O–H groups in total. The molecule has 0 aromatic rings. The molecule has 46 valence electrons. The summed E-state index contributed by atoms with van der Waals surface area (Å²) in [5, 5.41) is 0. The second-order valence-electron chi connectivity index (χ2n) is 0.607. The van der Waals surface area contributed by atoms with Crippen molar-refractivity contribution in [2.75, 3.05) is 0 Å². The van der Waals surface area contributed by atoms with E-state index >= 15 is 0 Å². The molecular formula is H2F2LiO4P. The van der Waals surface area contributed by atoms with Crippen LogP contribution in [0.1, 0.15) is 1.43 Å². The number of hydrogen-bond acceptors (Lipinski definition) is 3. The van der Waals surface area contributed by atoms with Crippen molar-refractivity contribution in [1.29, 1.82) is 0 Å². The molecule has 0 rings (SSSR count). The quantitative estimate of drug-likeness (QED) is 0.358. The Bertz CT molecular complexity index is 90.6. The second kappa shape index (κ2) is 4.45. The summed E-state index contributed by atoms with van der Waals surface area (Å²) < 4.78 is 34.3. The van der Waals surface area contributed by atoms with Crippen molar-refractivity contribution in [3.05, 3.63) is 0 Å². The van der Waals surface area contributed by atoms with Crippen LogP contribution in [-0.2, 0) is 14.0 Å². The fourth-order valence-electron chi connectivity index (χ4n) is 0.0106. The molecule has 0 aliphatic carbocycles. The largest absolute Gasteiger partial charge is 1.00 e. The average Bonchev–Trinajstić information content (AvgIpc) is 1.68. The Balaban J connectivity index is -0.000000180. The van der Waals surface area contributed by atoms with Crippen LogP contribution in [0.2, 0.25) is 0 Å². The molecule has 0 radical (unpaired) electrons. The molecule has 0 saturated heterocycles. The summed E-state index contributed by atoms with van der Waals surface area (Å²) in [4.78, 5) is 7.49. The SMILES string of the molecule is O=P(O)(OF)OF.[H-].[Li+]. The van der Waals surface area contributed by atoms with Gasteiger partial charge in [-0.1, -0.05) is 9.46 Å². The molecule has 0 spiro atoms. The maximum Gasteiger partial charge on any atom is 1.00 e. The van der Waals surface area contributed by atoms with Gasteiger partial charge < -0.3 is 1.43 Å². The zero-order chi connectivity index (χ0) is 5.91. The first-order chi connectivity index (χ1) is 3.12. The number of halogens is 2. The van der Waals surface area contributed by atoms with Crippen LogP contribution in [0, 0.1) is 0 Å². The molecule has 0 atom stereocenters. The summed E-state index contributed by atoms with van der Waals surface area (Å²) in [6.45, 7) is 0. The summed E-state index contributed by atoms with van der Waals surface area (Å²) in [7, 11) is -4.99. The van der Waals surface area contributed by atoms with Crippen LogP contribution >= 0.6 is 7.82 Å². The van der Waals surface area contributed by atoms with Gasteiger partial charge >= 0.3 is 26.7 Å². The Hall–Kier alpha value is 0.567. The van der Waals surface area contributed by atoms with Crippen LogP contribution in [0.5, 0.6) is 0 Å². The molecule has 8 heteroatoms. The van der Waals surface area contributed by atoms with Gasteiger partial charge in [-0.15, -0.1) is 0 Å². The molecule has 0 saturated carbocycles. The summed E-state index contributed by atoms with van der Waals surface area (Å²) in [5.41, 5.74) is 0. The predicted molar refractivity (Wildman–Crippen MR) is 15.3 cm³/mol.